The molecule has 240 valence electrons. The van der Waals surface area contributed by atoms with Crippen LogP contribution in [0.3, 0.4) is 0 Å². The molecule has 0 aliphatic carbocycles. The van der Waals surface area contributed by atoms with E-state index >= 15 is 0 Å². The number of hydrogen-bond donors (Lipinski definition) is 1. The van der Waals surface area contributed by atoms with Crippen molar-refractivity contribution in [2.75, 3.05) is 93.5 Å². The molecule has 14 heteroatoms. The SMILES string of the molecule is COCCOCCOCCOC(=O)C1=C(C)NC(C)=C(C(=O)OCCOCCOCCOC)C1c1ccccc1[N+](=O)[O-]. The largest absolute Gasteiger partial charge is 0.460 e. The van der Waals surface area contributed by atoms with E-state index in [1.54, 1.807) is 34.1 Å². The van der Waals surface area contributed by atoms with Crippen LogP contribution in [0.15, 0.2) is 46.8 Å². The lowest BCUT2D eigenvalue weighted by molar-refractivity contribution is -0.385. The van der Waals surface area contributed by atoms with Crippen LogP contribution >= 0.6 is 0 Å². The standard InChI is InChI=1S/C29H42N2O12/c1-21-25(28(32)42-19-17-40-15-13-38-11-9-36-3)27(23-7-5-6-8-24(23)31(34)35)26(22(2)30-21)29(33)43-20-18-41-16-14-39-12-10-37-4/h5-8,27,30H,9-20H2,1-4H3. The van der Waals surface area contributed by atoms with Crippen LogP contribution in [0.25, 0.3) is 0 Å². The highest BCUT2D eigenvalue weighted by Crippen LogP contribution is 2.42. The highest BCUT2D eigenvalue weighted by Gasteiger charge is 2.40. The maximum Gasteiger partial charge on any atom is 0.336 e. The number of para-hydroxylation sites is 1. The average Bonchev–Trinajstić information content (AvgIpc) is 2.98. The Morgan fingerprint density at radius 3 is 1.51 bits per heavy atom. The van der Waals surface area contributed by atoms with Crippen molar-refractivity contribution in [3.63, 3.8) is 0 Å². The number of rotatable bonds is 22. The summed E-state index contributed by atoms with van der Waals surface area (Å²) in [5, 5.41) is 15.0. The third-order valence-corrected chi connectivity index (χ3v) is 6.17. The van der Waals surface area contributed by atoms with Gasteiger partial charge in [0, 0.05) is 37.2 Å². The molecule has 43 heavy (non-hydrogen) atoms. The van der Waals surface area contributed by atoms with Crippen molar-refractivity contribution in [2.24, 2.45) is 0 Å². The number of nitrogens with zero attached hydrogens (tertiary/aromatic N) is 1. The Labute approximate surface area is 251 Å². The second-order valence-corrected chi connectivity index (χ2v) is 9.16. The van der Waals surface area contributed by atoms with Crippen molar-refractivity contribution >= 4 is 17.6 Å². The Morgan fingerprint density at radius 1 is 0.698 bits per heavy atom. The van der Waals surface area contributed by atoms with E-state index in [2.05, 4.69) is 5.32 Å². The predicted octanol–water partition coefficient (Wildman–Crippen LogP) is 2.28. The van der Waals surface area contributed by atoms with E-state index in [1.807, 2.05) is 0 Å². The molecule has 0 spiro atoms. The first-order valence-corrected chi connectivity index (χ1v) is 13.9. The second-order valence-electron chi connectivity index (χ2n) is 9.16. The maximum absolute atomic E-state index is 13.4. The highest BCUT2D eigenvalue weighted by molar-refractivity contribution is 6.00. The molecule has 0 radical (unpaired) electrons. The lowest BCUT2D eigenvalue weighted by Crippen LogP contribution is -2.33. The van der Waals surface area contributed by atoms with Crippen LogP contribution in [0.2, 0.25) is 0 Å². The minimum Gasteiger partial charge on any atom is -0.460 e. The van der Waals surface area contributed by atoms with Gasteiger partial charge in [-0.15, -0.1) is 0 Å². The molecule has 1 aliphatic rings. The molecule has 0 saturated heterocycles. The van der Waals surface area contributed by atoms with Crippen molar-refractivity contribution < 1.29 is 52.4 Å². The summed E-state index contributed by atoms with van der Waals surface area (Å²) >= 11 is 0. The molecule has 1 aromatic rings. The van der Waals surface area contributed by atoms with E-state index in [9.17, 15) is 19.7 Å². The molecule has 0 amide bonds. The van der Waals surface area contributed by atoms with Crippen molar-refractivity contribution in [1.29, 1.82) is 0 Å². The predicted molar refractivity (Wildman–Crippen MR) is 153 cm³/mol. The highest BCUT2D eigenvalue weighted by atomic mass is 16.6. The van der Waals surface area contributed by atoms with Gasteiger partial charge < -0.3 is 43.2 Å². The van der Waals surface area contributed by atoms with E-state index in [4.69, 9.17) is 37.9 Å². The Morgan fingerprint density at radius 2 is 1.09 bits per heavy atom. The number of allylic oxidation sites excluding steroid dienone is 2. The summed E-state index contributed by atoms with van der Waals surface area (Å²) in [6, 6.07) is 5.94. The van der Waals surface area contributed by atoms with Crippen LogP contribution in [0.5, 0.6) is 0 Å². The van der Waals surface area contributed by atoms with Gasteiger partial charge in [0.25, 0.3) is 5.69 Å². The molecule has 1 N–H and O–H groups in total. The number of carbonyl (C=O) groups excluding carboxylic acids is 2. The Kier molecular flexibility index (Phi) is 17.1. The summed E-state index contributed by atoms with van der Waals surface area (Å²) in [7, 11) is 3.16. The summed E-state index contributed by atoms with van der Waals surface area (Å²) < 4.78 is 42.3. The Balaban J connectivity index is 2.12. The number of carbonyl (C=O) groups is 2. The first-order chi connectivity index (χ1) is 20.8. The van der Waals surface area contributed by atoms with Crippen LogP contribution in [0.4, 0.5) is 5.69 Å². The van der Waals surface area contributed by atoms with Crippen LogP contribution < -0.4 is 5.32 Å². The molecule has 0 saturated carbocycles. The average molecular weight is 611 g/mol. The zero-order chi connectivity index (χ0) is 31.5. The van der Waals surface area contributed by atoms with Gasteiger partial charge in [0.05, 0.1) is 88.1 Å². The van der Waals surface area contributed by atoms with Crippen molar-refractivity contribution in [3.8, 4) is 0 Å². The van der Waals surface area contributed by atoms with E-state index in [1.165, 1.54) is 18.2 Å². The normalized spacial score (nSPS) is 13.7. The molecule has 2 rings (SSSR count). The van der Waals surface area contributed by atoms with Crippen molar-refractivity contribution in [3.05, 3.63) is 62.5 Å². The molecule has 1 aromatic carbocycles. The van der Waals surface area contributed by atoms with Gasteiger partial charge >= 0.3 is 11.9 Å². The Bertz CT molecular complexity index is 1050. The van der Waals surface area contributed by atoms with Crippen LogP contribution in [-0.4, -0.2) is 110 Å². The zero-order valence-corrected chi connectivity index (χ0v) is 25.2. The second kappa shape index (κ2) is 20.5. The quantitative estimate of drug-likeness (QED) is 0.0881. The van der Waals surface area contributed by atoms with Gasteiger partial charge in [0.1, 0.15) is 13.2 Å². The van der Waals surface area contributed by atoms with E-state index in [0.29, 0.717) is 64.2 Å². The number of hydrogen-bond acceptors (Lipinski definition) is 13. The maximum atomic E-state index is 13.4. The molecule has 1 aliphatic heterocycles. The minimum absolute atomic E-state index is 0.0548. The number of nitro benzene ring substituents is 1. The fourth-order valence-corrected chi connectivity index (χ4v) is 4.21. The number of esters is 2. The molecule has 0 fully saturated rings. The number of dihydropyridines is 1. The molecule has 0 atom stereocenters. The number of ether oxygens (including phenoxy) is 8. The van der Waals surface area contributed by atoms with Gasteiger partial charge in [-0.1, -0.05) is 18.2 Å². The molecular formula is C29H42N2O12. The monoisotopic (exact) mass is 610 g/mol. The molecule has 14 nitrogen and oxygen atoms in total. The van der Waals surface area contributed by atoms with Gasteiger partial charge in [-0.25, -0.2) is 9.59 Å². The van der Waals surface area contributed by atoms with Crippen molar-refractivity contribution in [1.82, 2.24) is 5.32 Å². The summed E-state index contributed by atoms with van der Waals surface area (Å²) in [6.07, 6.45) is 0. The summed E-state index contributed by atoms with van der Waals surface area (Å²) in [6.45, 7) is 6.48. The third kappa shape index (κ3) is 12.0. The molecule has 1 heterocycles. The zero-order valence-electron chi connectivity index (χ0n) is 25.2. The van der Waals surface area contributed by atoms with Crippen LogP contribution in [-0.2, 0) is 47.5 Å². The third-order valence-electron chi connectivity index (χ3n) is 6.17. The number of nitro groups is 1. The lowest BCUT2D eigenvalue weighted by Gasteiger charge is -2.30. The molecule has 0 aromatic heterocycles. The lowest BCUT2D eigenvalue weighted by atomic mass is 9.79. The number of benzene rings is 1. The molecule has 0 unspecified atom stereocenters. The fourth-order valence-electron chi connectivity index (χ4n) is 4.21. The first-order valence-electron chi connectivity index (χ1n) is 13.9. The first kappa shape index (κ1) is 35.8. The smallest absolute Gasteiger partial charge is 0.336 e. The summed E-state index contributed by atoms with van der Waals surface area (Å²) in [5.74, 6) is -2.61. The summed E-state index contributed by atoms with van der Waals surface area (Å²) in [5.41, 5.74) is 0.802. The fraction of sp³-hybridized carbons (Fsp3) is 0.586. The van der Waals surface area contributed by atoms with Crippen molar-refractivity contribution in [2.45, 2.75) is 19.8 Å². The van der Waals surface area contributed by atoms with Gasteiger partial charge in [-0.05, 0) is 13.8 Å². The molecule has 0 bridgehead atoms. The van der Waals surface area contributed by atoms with E-state index < -0.39 is 22.8 Å². The summed E-state index contributed by atoms with van der Waals surface area (Å²) in [4.78, 5) is 38.2. The Hall–Kier alpha value is -3.40. The topological polar surface area (TPSA) is 163 Å². The van der Waals surface area contributed by atoms with E-state index in [0.717, 1.165) is 0 Å². The van der Waals surface area contributed by atoms with Gasteiger partial charge in [0.2, 0.25) is 0 Å². The number of methoxy groups -OCH3 is 2. The number of nitrogens with one attached hydrogen (secondary N) is 1. The van der Waals surface area contributed by atoms with E-state index in [-0.39, 0.29) is 48.8 Å². The van der Waals surface area contributed by atoms with Gasteiger partial charge in [-0.2, -0.15) is 0 Å². The van der Waals surface area contributed by atoms with Crippen LogP contribution in [0.1, 0.15) is 25.3 Å². The van der Waals surface area contributed by atoms with Gasteiger partial charge in [-0.3, -0.25) is 10.1 Å². The minimum atomic E-state index is -1.12. The molecular weight excluding hydrogens is 568 g/mol. The van der Waals surface area contributed by atoms with Gasteiger partial charge in [0.15, 0.2) is 0 Å². The van der Waals surface area contributed by atoms with Crippen LogP contribution in [0, 0.1) is 10.1 Å².